The van der Waals surface area contributed by atoms with Crippen LogP contribution in [0.15, 0.2) is 0 Å². The number of nitrogens with one attached hydrogen (secondary N) is 2. The molecule has 20 heavy (non-hydrogen) atoms. The van der Waals surface area contributed by atoms with Gasteiger partial charge in [-0.3, -0.25) is 4.79 Å². The van der Waals surface area contributed by atoms with Crippen molar-refractivity contribution in [1.29, 1.82) is 0 Å². The van der Waals surface area contributed by atoms with Crippen molar-refractivity contribution in [2.45, 2.75) is 76.3 Å². The number of carbonyl (C=O) groups is 2. The van der Waals surface area contributed by atoms with Gasteiger partial charge in [-0.25, -0.2) is 4.79 Å². The lowest BCUT2D eigenvalue weighted by Crippen LogP contribution is -2.54. The molecule has 2 aliphatic rings. The fourth-order valence-corrected chi connectivity index (χ4v) is 3.75. The van der Waals surface area contributed by atoms with Crippen LogP contribution in [0.2, 0.25) is 0 Å². The zero-order valence-corrected chi connectivity index (χ0v) is 12.3. The van der Waals surface area contributed by atoms with Gasteiger partial charge in [0.05, 0.1) is 12.0 Å². The Morgan fingerprint density at radius 2 is 1.80 bits per heavy atom. The smallest absolute Gasteiger partial charge is 0.315 e. The van der Waals surface area contributed by atoms with E-state index in [1.54, 1.807) is 0 Å². The number of amides is 2. The maximum atomic E-state index is 12.1. The predicted octanol–water partition coefficient (Wildman–Crippen LogP) is 2.65. The standard InChI is InChI=1S/C15H26N2O3/c1-11(12-6-2-3-7-12)16-14(20)17-15(10-13(18)19)8-4-5-9-15/h11-12H,2-10H2,1H3,(H,18,19)(H2,16,17,20). The summed E-state index contributed by atoms with van der Waals surface area (Å²) in [6.07, 6.45) is 8.41. The molecule has 1 atom stereocenters. The second-order valence-electron chi connectivity index (χ2n) is 6.49. The first-order valence-electron chi connectivity index (χ1n) is 7.81. The van der Waals surface area contributed by atoms with E-state index in [-0.39, 0.29) is 18.5 Å². The Balaban J connectivity index is 1.86. The normalized spacial score (nSPS) is 23.4. The molecule has 0 saturated heterocycles. The summed E-state index contributed by atoms with van der Waals surface area (Å²) in [6, 6.07) is -0.0340. The third-order valence-corrected chi connectivity index (χ3v) is 4.89. The van der Waals surface area contributed by atoms with Gasteiger partial charge in [-0.1, -0.05) is 25.7 Å². The van der Waals surface area contributed by atoms with Gasteiger partial charge in [0.25, 0.3) is 0 Å². The average Bonchev–Trinajstić information content (AvgIpc) is 2.98. The molecule has 3 N–H and O–H groups in total. The van der Waals surface area contributed by atoms with Crippen LogP contribution in [-0.2, 0) is 4.79 Å². The third-order valence-electron chi connectivity index (χ3n) is 4.89. The molecule has 2 rings (SSSR count). The fourth-order valence-electron chi connectivity index (χ4n) is 3.75. The van der Waals surface area contributed by atoms with Crippen molar-refractivity contribution in [2.24, 2.45) is 5.92 Å². The summed E-state index contributed by atoms with van der Waals surface area (Å²) < 4.78 is 0. The van der Waals surface area contributed by atoms with E-state index in [0.717, 1.165) is 25.7 Å². The Bertz CT molecular complexity index is 358. The molecule has 5 nitrogen and oxygen atoms in total. The Morgan fingerprint density at radius 1 is 1.20 bits per heavy atom. The highest BCUT2D eigenvalue weighted by Gasteiger charge is 2.37. The summed E-state index contributed by atoms with van der Waals surface area (Å²) in [5, 5.41) is 15.0. The number of urea groups is 1. The van der Waals surface area contributed by atoms with E-state index in [0.29, 0.717) is 5.92 Å². The number of hydrogen-bond acceptors (Lipinski definition) is 2. The highest BCUT2D eigenvalue weighted by Crippen LogP contribution is 2.33. The minimum absolute atomic E-state index is 0.0260. The van der Waals surface area contributed by atoms with Crippen molar-refractivity contribution < 1.29 is 14.7 Å². The van der Waals surface area contributed by atoms with Crippen LogP contribution < -0.4 is 10.6 Å². The van der Waals surface area contributed by atoms with Gasteiger partial charge in [0.1, 0.15) is 0 Å². The van der Waals surface area contributed by atoms with E-state index in [1.807, 2.05) is 6.92 Å². The molecule has 2 amide bonds. The molecule has 0 aromatic rings. The van der Waals surface area contributed by atoms with E-state index in [1.165, 1.54) is 25.7 Å². The van der Waals surface area contributed by atoms with Gasteiger partial charge in [-0.15, -0.1) is 0 Å². The largest absolute Gasteiger partial charge is 0.481 e. The molecule has 0 aromatic heterocycles. The summed E-state index contributed by atoms with van der Waals surface area (Å²) in [5.74, 6) is -0.268. The zero-order valence-electron chi connectivity index (χ0n) is 12.3. The van der Waals surface area contributed by atoms with Crippen LogP contribution >= 0.6 is 0 Å². The number of carboxylic acid groups (broad SMARTS) is 1. The van der Waals surface area contributed by atoms with Crippen molar-refractivity contribution in [3.8, 4) is 0 Å². The van der Waals surface area contributed by atoms with E-state index in [2.05, 4.69) is 10.6 Å². The second-order valence-corrected chi connectivity index (χ2v) is 6.49. The van der Waals surface area contributed by atoms with Crippen molar-refractivity contribution >= 4 is 12.0 Å². The number of hydrogen-bond donors (Lipinski definition) is 3. The maximum Gasteiger partial charge on any atom is 0.315 e. The minimum atomic E-state index is -0.837. The monoisotopic (exact) mass is 282 g/mol. The molecule has 0 aliphatic heterocycles. The van der Waals surface area contributed by atoms with Gasteiger partial charge in [-0.2, -0.15) is 0 Å². The van der Waals surface area contributed by atoms with E-state index >= 15 is 0 Å². The number of aliphatic carboxylic acids is 1. The molecule has 0 heterocycles. The molecule has 0 aromatic carbocycles. The molecule has 2 fully saturated rings. The Morgan fingerprint density at radius 3 is 2.35 bits per heavy atom. The predicted molar refractivity (Wildman–Crippen MR) is 76.5 cm³/mol. The van der Waals surface area contributed by atoms with Crippen LogP contribution in [-0.4, -0.2) is 28.7 Å². The first kappa shape index (κ1) is 15.1. The van der Waals surface area contributed by atoms with E-state index in [4.69, 9.17) is 5.11 Å². The molecule has 2 aliphatic carbocycles. The first-order chi connectivity index (χ1) is 9.51. The molecule has 0 spiro atoms. The molecule has 0 bridgehead atoms. The lowest BCUT2D eigenvalue weighted by atomic mass is 9.93. The van der Waals surface area contributed by atoms with Crippen LogP contribution in [0.1, 0.15) is 64.7 Å². The zero-order chi connectivity index (χ0) is 14.6. The lowest BCUT2D eigenvalue weighted by Gasteiger charge is -2.30. The molecular formula is C15H26N2O3. The Labute approximate surface area is 120 Å². The van der Waals surface area contributed by atoms with Crippen LogP contribution in [0.4, 0.5) is 4.79 Å². The SMILES string of the molecule is CC(NC(=O)NC1(CC(=O)O)CCCC1)C1CCCC1. The minimum Gasteiger partial charge on any atom is -0.481 e. The van der Waals surface area contributed by atoms with Crippen LogP contribution in [0.5, 0.6) is 0 Å². The van der Waals surface area contributed by atoms with Crippen molar-refractivity contribution in [3.63, 3.8) is 0 Å². The first-order valence-corrected chi connectivity index (χ1v) is 7.81. The van der Waals surface area contributed by atoms with Crippen molar-refractivity contribution in [2.75, 3.05) is 0 Å². The summed E-state index contributed by atoms with van der Waals surface area (Å²) in [4.78, 5) is 23.1. The van der Waals surface area contributed by atoms with E-state index in [9.17, 15) is 9.59 Å². The number of rotatable bonds is 5. The van der Waals surface area contributed by atoms with Crippen molar-refractivity contribution in [1.82, 2.24) is 10.6 Å². The van der Waals surface area contributed by atoms with Crippen LogP contribution in [0.25, 0.3) is 0 Å². The molecule has 5 heteroatoms. The molecule has 2 saturated carbocycles. The average molecular weight is 282 g/mol. The molecular weight excluding hydrogens is 256 g/mol. The topological polar surface area (TPSA) is 78.4 Å². The Kier molecular flexibility index (Phi) is 4.89. The molecule has 114 valence electrons. The van der Waals surface area contributed by atoms with Gasteiger partial charge in [0.15, 0.2) is 0 Å². The Hall–Kier alpha value is -1.26. The highest BCUT2D eigenvalue weighted by molar-refractivity contribution is 5.77. The maximum absolute atomic E-state index is 12.1. The van der Waals surface area contributed by atoms with Gasteiger partial charge >= 0.3 is 12.0 Å². The second kappa shape index (κ2) is 6.46. The summed E-state index contributed by atoms with van der Waals surface area (Å²) >= 11 is 0. The summed E-state index contributed by atoms with van der Waals surface area (Å²) in [5.41, 5.74) is -0.536. The number of carbonyl (C=O) groups excluding carboxylic acids is 1. The molecule has 1 unspecified atom stereocenters. The third kappa shape index (κ3) is 3.87. The van der Waals surface area contributed by atoms with Crippen LogP contribution in [0.3, 0.4) is 0 Å². The van der Waals surface area contributed by atoms with Crippen molar-refractivity contribution in [3.05, 3.63) is 0 Å². The molecule has 0 radical (unpaired) electrons. The lowest BCUT2D eigenvalue weighted by molar-refractivity contribution is -0.138. The van der Waals surface area contributed by atoms with Gasteiger partial charge in [0, 0.05) is 6.04 Å². The van der Waals surface area contributed by atoms with Gasteiger partial charge in [-0.05, 0) is 38.5 Å². The number of carboxylic acids is 1. The van der Waals surface area contributed by atoms with Gasteiger partial charge < -0.3 is 15.7 Å². The van der Waals surface area contributed by atoms with Crippen LogP contribution in [0, 0.1) is 5.92 Å². The highest BCUT2D eigenvalue weighted by atomic mass is 16.4. The summed E-state index contributed by atoms with van der Waals surface area (Å²) in [6.45, 7) is 2.05. The van der Waals surface area contributed by atoms with Gasteiger partial charge in [0.2, 0.25) is 0 Å². The van der Waals surface area contributed by atoms with E-state index < -0.39 is 11.5 Å². The quantitative estimate of drug-likeness (QED) is 0.725. The summed E-state index contributed by atoms with van der Waals surface area (Å²) in [7, 11) is 0. The fraction of sp³-hybridized carbons (Fsp3) is 0.867.